The van der Waals surface area contributed by atoms with Gasteiger partial charge in [-0.3, -0.25) is 18.8 Å². The number of ether oxygens (including phenoxy) is 1. The summed E-state index contributed by atoms with van der Waals surface area (Å²) in [5, 5.41) is 3.41. The summed E-state index contributed by atoms with van der Waals surface area (Å²) in [7, 11) is 3.47. The minimum Gasteiger partial charge on any atom is -0.497 e. The van der Waals surface area contributed by atoms with E-state index in [1.54, 1.807) is 25.3 Å². The quantitative estimate of drug-likeness (QED) is 0.303. The Morgan fingerprint density at radius 1 is 0.911 bits per heavy atom. The summed E-state index contributed by atoms with van der Waals surface area (Å²) in [6, 6.07) is 18.7. The second-order valence-electron chi connectivity index (χ2n) is 11.8. The van der Waals surface area contributed by atoms with Crippen molar-refractivity contribution in [2.75, 3.05) is 64.4 Å². The van der Waals surface area contributed by atoms with Crippen LogP contribution in [0, 0.1) is 0 Å². The van der Waals surface area contributed by atoms with E-state index in [1.807, 2.05) is 63.4 Å². The van der Waals surface area contributed by atoms with Crippen molar-refractivity contribution >= 4 is 45.3 Å². The van der Waals surface area contributed by atoms with E-state index in [4.69, 9.17) is 9.72 Å². The van der Waals surface area contributed by atoms with Crippen LogP contribution in [0.4, 0.5) is 5.82 Å². The van der Waals surface area contributed by atoms with Gasteiger partial charge in [0.25, 0.3) is 11.8 Å². The monoisotopic (exact) mass is 607 g/mol. The van der Waals surface area contributed by atoms with E-state index in [0.29, 0.717) is 60.7 Å². The Labute approximate surface area is 260 Å². The number of benzene rings is 2. The van der Waals surface area contributed by atoms with Gasteiger partial charge < -0.3 is 29.3 Å². The van der Waals surface area contributed by atoms with Crippen molar-refractivity contribution in [2.45, 2.75) is 12.8 Å². The van der Waals surface area contributed by atoms with Crippen molar-refractivity contribution in [3.8, 4) is 5.75 Å². The lowest BCUT2D eigenvalue weighted by Crippen LogP contribution is -2.49. The molecule has 2 aliphatic rings. The Morgan fingerprint density at radius 2 is 1.67 bits per heavy atom. The molecule has 0 aliphatic carbocycles. The molecule has 0 unspecified atom stereocenters. The number of methoxy groups -OCH3 is 1. The van der Waals surface area contributed by atoms with Crippen LogP contribution in [0.25, 0.3) is 27.7 Å². The highest BCUT2D eigenvalue weighted by molar-refractivity contribution is 6.06. The number of aryl methyl sites for hydroxylation is 1. The van der Waals surface area contributed by atoms with E-state index in [9.17, 15) is 14.4 Å². The molecule has 11 heteroatoms. The number of amides is 2. The molecule has 7 rings (SSSR count). The molecule has 2 fully saturated rings. The van der Waals surface area contributed by atoms with Crippen LogP contribution in [0.3, 0.4) is 0 Å². The van der Waals surface area contributed by atoms with Crippen molar-refractivity contribution in [1.82, 2.24) is 29.1 Å². The number of piperazine rings is 1. The number of likely N-dealkylation sites (tertiary alicyclic amines) is 1. The highest BCUT2D eigenvalue weighted by atomic mass is 16.5. The maximum absolute atomic E-state index is 14.0. The molecule has 0 radical (unpaired) electrons. The van der Waals surface area contributed by atoms with Gasteiger partial charge in [-0.15, -0.1) is 0 Å². The number of carbonyl (C=O) groups is 2. The number of pyridine rings is 2. The highest BCUT2D eigenvalue weighted by Gasteiger charge is 2.27. The van der Waals surface area contributed by atoms with Gasteiger partial charge in [-0.05, 0) is 68.4 Å². The molecule has 232 valence electrons. The first kappa shape index (κ1) is 28.8. The van der Waals surface area contributed by atoms with Crippen LogP contribution in [-0.2, 0) is 7.05 Å². The van der Waals surface area contributed by atoms with Crippen LogP contribution in [0.2, 0.25) is 0 Å². The van der Waals surface area contributed by atoms with Gasteiger partial charge in [0.1, 0.15) is 22.8 Å². The van der Waals surface area contributed by atoms with Crippen molar-refractivity contribution < 1.29 is 14.3 Å². The van der Waals surface area contributed by atoms with Crippen molar-refractivity contribution in [3.05, 3.63) is 82.0 Å². The summed E-state index contributed by atoms with van der Waals surface area (Å²) >= 11 is 0. The van der Waals surface area contributed by atoms with Gasteiger partial charge in [-0.1, -0.05) is 18.2 Å². The smallest absolute Gasteiger partial charge is 0.259 e. The standard InChI is InChI=1S/C34H37N7O4/c1-37-26-10-3-4-11-27(26)41-31-25(30(42)29(33(37)41)32(43)35-14-17-38-15-5-6-16-38)12-13-28(36-31)39-18-20-40(21-19-39)34(44)23-8-7-9-24(22-23)45-2/h3-4,7-13,22H,5-6,14-21H2,1-2H3,(H,35,43). The summed E-state index contributed by atoms with van der Waals surface area (Å²) < 4.78 is 9.13. The third kappa shape index (κ3) is 5.16. The summed E-state index contributed by atoms with van der Waals surface area (Å²) in [4.78, 5) is 52.2. The largest absolute Gasteiger partial charge is 0.497 e. The third-order valence-corrected chi connectivity index (χ3v) is 9.13. The normalized spacial score (nSPS) is 15.8. The Hall–Kier alpha value is -4.90. The van der Waals surface area contributed by atoms with E-state index in [1.165, 1.54) is 12.8 Å². The summed E-state index contributed by atoms with van der Waals surface area (Å²) in [5.74, 6) is 0.971. The Balaban J connectivity index is 1.21. The van der Waals surface area contributed by atoms with Gasteiger partial charge in [0.15, 0.2) is 5.65 Å². The number of hydrogen-bond donors (Lipinski definition) is 1. The van der Waals surface area contributed by atoms with Crippen molar-refractivity contribution in [3.63, 3.8) is 0 Å². The molecule has 2 aromatic carbocycles. The number of imidazole rings is 1. The second kappa shape index (κ2) is 11.9. The molecule has 2 aliphatic heterocycles. The van der Waals surface area contributed by atoms with Crippen molar-refractivity contribution in [2.24, 2.45) is 7.05 Å². The first-order chi connectivity index (χ1) is 21.9. The average molecular weight is 608 g/mol. The molecule has 5 aromatic rings. The fourth-order valence-electron chi connectivity index (χ4n) is 6.71. The molecule has 3 aromatic heterocycles. The van der Waals surface area contributed by atoms with Crippen molar-refractivity contribution in [1.29, 1.82) is 0 Å². The maximum atomic E-state index is 14.0. The minimum absolute atomic E-state index is 0.0322. The first-order valence-corrected chi connectivity index (χ1v) is 15.6. The van der Waals surface area contributed by atoms with E-state index in [0.717, 1.165) is 36.5 Å². The predicted octanol–water partition coefficient (Wildman–Crippen LogP) is 3.14. The lowest BCUT2D eigenvalue weighted by Gasteiger charge is -2.35. The molecule has 0 spiro atoms. The number of nitrogens with zero attached hydrogens (tertiary/aromatic N) is 6. The number of nitrogens with one attached hydrogen (secondary N) is 1. The predicted molar refractivity (Wildman–Crippen MR) is 175 cm³/mol. The van der Waals surface area contributed by atoms with Crippen LogP contribution >= 0.6 is 0 Å². The molecular weight excluding hydrogens is 570 g/mol. The van der Waals surface area contributed by atoms with Gasteiger partial charge in [0.05, 0.1) is 23.5 Å². The van der Waals surface area contributed by atoms with Gasteiger partial charge in [-0.2, -0.15) is 0 Å². The number of hydrogen-bond acceptors (Lipinski definition) is 7. The topological polar surface area (TPSA) is 104 Å². The molecule has 5 heterocycles. The minimum atomic E-state index is -0.370. The van der Waals surface area contributed by atoms with E-state index in [-0.39, 0.29) is 22.8 Å². The van der Waals surface area contributed by atoms with Gasteiger partial charge in [0.2, 0.25) is 5.43 Å². The molecule has 0 bridgehead atoms. The zero-order valence-electron chi connectivity index (χ0n) is 25.7. The summed E-state index contributed by atoms with van der Waals surface area (Å²) in [5.41, 5.74) is 3.18. The van der Waals surface area contributed by atoms with Gasteiger partial charge in [-0.25, -0.2) is 4.98 Å². The number of para-hydroxylation sites is 2. The van der Waals surface area contributed by atoms with Crippen LogP contribution in [0.5, 0.6) is 5.75 Å². The lowest BCUT2D eigenvalue weighted by atomic mass is 10.1. The molecule has 45 heavy (non-hydrogen) atoms. The fourth-order valence-corrected chi connectivity index (χ4v) is 6.71. The second-order valence-corrected chi connectivity index (χ2v) is 11.8. The van der Waals surface area contributed by atoms with Crippen LogP contribution in [0.1, 0.15) is 33.6 Å². The Morgan fingerprint density at radius 3 is 2.42 bits per heavy atom. The number of rotatable bonds is 7. The van der Waals surface area contributed by atoms with Gasteiger partial charge >= 0.3 is 0 Å². The zero-order chi connectivity index (χ0) is 31.1. The molecule has 2 saturated heterocycles. The van der Waals surface area contributed by atoms with Crippen LogP contribution in [-0.4, -0.2) is 95.0 Å². The number of fused-ring (bicyclic) bond motifs is 5. The first-order valence-electron chi connectivity index (χ1n) is 15.6. The van der Waals surface area contributed by atoms with Crippen LogP contribution < -0.4 is 20.4 Å². The lowest BCUT2D eigenvalue weighted by molar-refractivity contribution is 0.0746. The molecular formula is C34H37N7O4. The number of anilines is 1. The van der Waals surface area contributed by atoms with E-state index >= 15 is 0 Å². The number of carbonyl (C=O) groups excluding carboxylic acids is 2. The molecule has 0 atom stereocenters. The van der Waals surface area contributed by atoms with E-state index in [2.05, 4.69) is 15.1 Å². The molecule has 11 nitrogen and oxygen atoms in total. The average Bonchev–Trinajstić information content (AvgIpc) is 3.71. The molecule has 1 N–H and O–H groups in total. The third-order valence-electron chi connectivity index (χ3n) is 9.13. The Kier molecular flexibility index (Phi) is 7.62. The molecule has 2 amide bonds. The molecule has 0 saturated carbocycles. The zero-order valence-corrected chi connectivity index (χ0v) is 25.7. The number of aromatic nitrogens is 3. The maximum Gasteiger partial charge on any atom is 0.259 e. The van der Waals surface area contributed by atoms with Gasteiger partial charge in [0, 0.05) is 51.9 Å². The van der Waals surface area contributed by atoms with E-state index < -0.39 is 0 Å². The summed E-state index contributed by atoms with van der Waals surface area (Å²) in [6.45, 7) is 5.61. The Bertz CT molecular complexity index is 1980. The highest BCUT2D eigenvalue weighted by Crippen LogP contribution is 2.27. The fraction of sp³-hybridized carbons (Fsp3) is 0.353. The van der Waals surface area contributed by atoms with Crippen LogP contribution in [0.15, 0.2) is 65.5 Å². The summed E-state index contributed by atoms with van der Waals surface area (Å²) in [6.07, 6.45) is 2.37. The SMILES string of the molecule is COc1cccc(C(=O)N2CCN(c3ccc4c(=O)c(C(=O)NCCN5CCCC5)c5n(C)c6ccccc6n5c4n3)CC2)c1.